The maximum Gasteiger partial charge on any atom is 0.257 e. The summed E-state index contributed by atoms with van der Waals surface area (Å²) in [6, 6.07) is 5.12. The summed E-state index contributed by atoms with van der Waals surface area (Å²) in [5.41, 5.74) is 1.72. The summed E-state index contributed by atoms with van der Waals surface area (Å²) in [6.45, 7) is 0.985. The highest BCUT2D eigenvalue weighted by Crippen LogP contribution is 2.35. The van der Waals surface area contributed by atoms with Gasteiger partial charge >= 0.3 is 0 Å². The molecule has 1 unspecified atom stereocenters. The number of fused-ring (bicyclic) bond motifs is 1. The Morgan fingerprint density at radius 1 is 1.27 bits per heavy atom. The Morgan fingerprint density at radius 2 is 2.04 bits per heavy atom. The Morgan fingerprint density at radius 3 is 2.77 bits per heavy atom. The highest BCUT2D eigenvalue weighted by atomic mass is 32.2. The van der Waals surface area contributed by atoms with Crippen molar-refractivity contribution in [3.63, 3.8) is 0 Å². The molecule has 26 heavy (non-hydrogen) atoms. The van der Waals surface area contributed by atoms with Gasteiger partial charge in [-0.3, -0.25) is 9.89 Å². The molecular weight excluding hydrogens is 358 g/mol. The van der Waals surface area contributed by atoms with Crippen LogP contribution in [-0.2, 0) is 9.84 Å². The van der Waals surface area contributed by atoms with Crippen molar-refractivity contribution in [2.24, 2.45) is 0 Å². The monoisotopic (exact) mass is 377 g/mol. The van der Waals surface area contributed by atoms with Crippen LogP contribution in [0.3, 0.4) is 0 Å². The number of rotatable bonds is 3. The lowest BCUT2D eigenvalue weighted by molar-refractivity contribution is 0.0748. The van der Waals surface area contributed by atoms with Gasteiger partial charge in [0.2, 0.25) is 0 Å². The van der Waals surface area contributed by atoms with Crippen LogP contribution in [0.25, 0.3) is 11.3 Å². The topological polar surface area (TPSA) is 102 Å². The lowest BCUT2D eigenvalue weighted by Crippen LogP contribution is -2.37. The number of amides is 1. The number of carbonyl (C=O) groups excluding carboxylic acids is 1. The van der Waals surface area contributed by atoms with Crippen LogP contribution in [0, 0.1) is 0 Å². The molecule has 0 bridgehead atoms. The summed E-state index contributed by atoms with van der Waals surface area (Å²) >= 11 is 0. The molecule has 1 amide bonds. The number of ether oxygens (including phenoxy) is 2. The number of hydrogen-bond donors (Lipinski definition) is 1. The van der Waals surface area contributed by atoms with Gasteiger partial charge in [-0.1, -0.05) is 0 Å². The smallest absolute Gasteiger partial charge is 0.257 e. The molecule has 2 aromatic rings. The first-order chi connectivity index (χ1) is 12.4. The van der Waals surface area contributed by atoms with Crippen LogP contribution in [0.4, 0.5) is 0 Å². The molecule has 2 aliphatic heterocycles. The molecule has 1 atom stereocenters. The van der Waals surface area contributed by atoms with Crippen LogP contribution in [-0.4, -0.2) is 67.2 Å². The average molecular weight is 377 g/mol. The van der Waals surface area contributed by atoms with Gasteiger partial charge in [-0.25, -0.2) is 8.42 Å². The molecule has 138 valence electrons. The van der Waals surface area contributed by atoms with E-state index in [2.05, 4.69) is 10.2 Å². The molecule has 0 radical (unpaired) electrons. The molecule has 1 N–H and O–H groups in total. The van der Waals surface area contributed by atoms with Crippen molar-refractivity contribution in [2.45, 2.75) is 12.5 Å². The van der Waals surface area contributed by atoms with Crippen molar-refractivity contribution in [3.8, 4) is 22.8 Å². The number of sulfone groups is 1. The molecule has 3 heterocycles. The van der Waals surface area contributed by atoms with Crippen LogP contribution in [0.2, 0.25) is 0 Å². The molecule has 0 spiro atoms. The molecule has 1 fully saturated rings. The number of H-pyrrole nitrogens is 1. The lowest BCUT2D eigenvalue weighted by Gasteiger charge is -2.23. The van der Waals surface area contributed by atoms with Crippen molar-refractivity contribution in [2.75, 3.05) is 31.8 Å². The Balaban J connectivity index is 1.62. The van der Waals surface area contributed by atoms with E-state index in [9.17, 15) is 13.2 Å². The molecule has 4 rings (SSSR count). The predicted molar refractivity (Wildman–Crippen MR) is 94.2 cm³/mol. The molecule has 2 aliphatic rings. The van der Waals surface area contributed by atoms with Gasteiger partial charge in [0.05, 0.1) is 29.0 Å². The fourth-order valence-corrected chi connectivity index (χ4v) is 5.08. The maximum absolute atomic E-state index is 12.9. The molecule has 0 aliphatic carbocycles. The van der Waals surface area contributed by atoms with E-state index in [-0.39, 0.29) is 23.5 Å². The Labute approximate surface area is 151 Å². The number of aromatic amines is 1. The van der Waals surface area contributed by atoms with E-state index in [4.69, 9.17) is 9.47 Å². The van der Waals surface area contributed by atoms with E-state index in [0.29, 0.717) is 42.4 Å². The maximum atomic E-state index is 12.9. The second kappa shape index (κ2) is 6.31. The third kappa shape index (κ3) is 3.03. The molecule has 1 saturated heterocycles. The SMILES string of the molecule is CN(C(=O)c1cn[nH]c1-c1ccc2c(c1)OCCO2)C1CCS(=O)(=O)C1. The minimum atomic E-state index is -3.06. The zero-order valence-electron chi connectivity index (χ0n) is 14.3. The average Bonchev–Trinajstić information content (AvgIpc) is 3.26. The Hall–Kier alpha value is -2.55. The van der Waals surface area contributed by atoms with E-state index >= 15 is 0 Å². The van der Waals surface area contributed by atoms with Crippen LogP contribution < -0.4 is 9.47 Å². The first-order valence-electron chi connectivity index (χ1n) is 8.35. The fourth-order valence-electron chi connectivity index (χ4n) is 3.30. The number of aromatic nitrogens is 2. The van der Waals surface area contributed by atoms with E-state index in [1.807, 2.05) is 6.07 Å². The molecule has 0 saturated carbocycles. The Kier molecular flexibility index (Phi) is 4.10. The van der Waals surface area contributed by atoms with E-state index < -0.39 is 9.84 Å². The van der Waals surface area contributed by atoms with Gasteiger partial charge in [0.15, 0.2) is 21.3 Å². The lowest BCUT2D eigenvalue weighted by atomic mass is 10.1. The summed E-state index contributed by atoms with van der Waals surface area (Å²) in [5, 5.41) is 6.87. The number of carbonyl (C=O) groups is 1. The molecule has 1 aromatic heterocycles. The van der Waals surface area contributed by atoms with Gasteiger partial charge in [0, 0.05) is 18.7 Å². The van der Waals surface area contributed by atoms with Crippen LogP contribution in [0.1, 0.15) is 16.8 Å². The quantitative estimate of drug-likeness (QED) is 0.860. The van der Waals surface area contributed by atoms with E-state index in [0.717, 1.165) is 5.56 Å². The van der Waals surface area contributed by atoms with Gasteiger partial charge in [-0.15, -0.1) is 0 Å². The number of benzene rings is 1. The van der Waals surface area contributed by atoms with Gasteiger partial charge < -0.3 is 14.4 Å². The summed E-state index contributed by atoms with van der Waals surface area (Å²) < 4.78 is 34.5. The second-order valence-electron chi connectivity index (χ2n) is 6.49. The fraction of sp³-hybridized carbons (Fsp3) is 0.412. The standard InChI is InChI=1S/C17H19N3O5S/c1-20(12-4-7-26(22,23)10-12)17(21)13-9-18-19-16(13)11-2-3-14-15(8-11)25-6-5-24-14/h2-3,8-9,12H,4-7,10H2,1H3,(H,18,19). The number of nitrogens with zero attached hydrogens (tertiary/aromatic N) is 2. The summed E-state index contributed by atoms with van der Waals surface area (Å²) in [4.78, 5) is 14.4. The summed E-state index contributed by atoms with van der Waals surface area (Å²) in [5.74, 6) is 1.16. The first-order valence-corrected chi connectivity index (χ1v) is 10.2. The van der Waals surface area contributed by atoms with E-state index in [1.165, 1.54) is 11.1 Å². The molecule has 8 nitrogen and oxygen atoms in total. The van der Waals surface area contributed by atoms with Crippen molar-refractivity contribution in [1.29, 1.82) is 0 Å². The van der Waals surface area contributed by atoms with Gasteiger partial charge in [-0.2, -0.15) is 5.10 Å². The molecule has 9 heteroatoms. The summed E-state index contributed by atoms with van der Waals surface area (Å²) in [7, 11) is -1.43. The van der Waals surface area contributed by atoms with Crippen LogP contribution in [0.5, 0.6) is 11.5 Å². The number of nitrogens with one attached hydrogen (secondary N) is 1. The molecular formula is C17H19N3O5S. The first kappa shape index (κ1) is 16.9. The normalized spacial score (nSPS) is 20.7. The van der Waals surface area contributed by atoms with Crippen molar-refractivity contribution >= 4 is 15.7 Å². The zero-order valence-corrected chi connectivity index (χ0v) is 15.1. The summed E-state index contributed by atoms with van der Waals surface area (Å²) in [6.07, 6.45) is 1.93. The minimum Gasteiger partial charge on any atom is -0.486 e. The van der Waals surface area contributed by atoms with Crippen molar-refractivity contribution < 1.29 is 22.7 Å². The van der Waals surface area contributed by atoms with Crippen LogP contribution in [0.15, 0.2) is 24.4 Å². The van der Waals surface area contributed by atoms with Gasteiger partial charge in [0.25, 0.3) is 5.91 Å². The number of hydrogen-bond acceptors (Lipinski definition) is 6. The largest absolute Gasteiger partial charge is 0.486 e. The zero-order chi connectivity index (χ0) is 18.3. The highest BCUT2D eigenvalue weighted by Gasteiger charge is 2.34. The highest BCUT2D eigenvalue weighted by molar-refractivity contribution is 7.91. The Bertz CT molecular complexity index is 953. The minimum absolute atomic E-state index is 0.00640. The van der Waals surface area contributed by atoms with Crippen molar-refractivity contribution in [1.82, 2.24) is 15.1 Å². The third-order valence-electron chi connectivity index (χ3n) is 4.78. The van der Waals surface area contributed by atoms with Gasteiger partial charge in [-0.05, 0) is 24.6 Å². The van der Waals surface area contributed by atoms with Crippen LogP contribution >= 0.6 is 0 Å². The van der Waals surface area contributed by atoms with Crippen molar-refractivity contribution in [3.05, 3.63) is 30.0 Å². The van der Waals surface area contributed by atoms with E-state index in [1.54, 1.807) is 19.2 Å². The second-order valence-corrected chi connectivity index (χ2v) is 8.72. The van der Waals surface area contributed by atoms with Gasteiger partial charge in [0.1, 0.15) is 13.2 Å². The molecule has 1 aromatic carbocycles. The third-order valence-corrected chi connectivity index (χ3v) is 6.53. The predicted octanol–water partition coefficient (Wildman–Crippen LogP) is 1.11.